The Labute approximate surface area is 114 Å². The molecule has 0 unspecified atom stereocenters. The van der Waals surface area contributed by atoms with Crippen LogP contribution in [-0.4, -0.2) is 32.5 Å². The third-order valence-corrected chi connectivity index (χ3v) is 3.95. The normalized spacial score (nSPS) is 22.5. The van der Waals surface area contributed by atoms with Crippen LogP contribution < -0.4 is 14.8 Å². The van der Waals surface area contributed by atoms with E-state index in [2.05, 4.69) is 18.3 Å². The molecule has 0 aromatic heterocycles. The molecule has 0 saturated carbocycles. The number of nitrogens with one attached hydrogen (secondary N) is 1. The van der Waals surface area contributed by atoms with Crippen LogP contribution in [0.25, 0.3) is 0 Å². The maximum Gasteiger partial charge on any atom is 0.161 e. The number of aliphatic hydroxyl groups is 1. The molecule has 0 spiro atoms. The van der Waals surface area contributed by atoms with Gasteiger partial charge in [0.15, 0.2) is 11.5 Å². The van der Waals surface area contributed by atoms with Crippen LogP contribution in [0.3, 0.4) is 0 Å². The predicted octanol–water partition coefficient (Wildman–Crippen LogP) is 1.91. The molecular formula is C15H23NO3. The lowest BCUT2D eigenvalue weighted by atomic mass is 9.83. The summed E-state index contributed by atoms with van der Waals surface area (Å²) < 4.78 is 10.8. The van der Waals surface area contributed by atoms with Gasteiger partial charge in [-0.15, -0.1) is 0 Å². The third-order valence-electron chi connectivity index (χ3n) is 3.95. The first-order valence-corrected chi connectivity index (χ1v) is 6.77. The van der Waals surface area contributed by atoms with Gasteiger partial charge >= 0.3 is 0 Å². The van der Waals surface area contributed by atoms with Gasteiger partial charge in [0.25, 0.3) is 0 Å². The van der Waals surface area contributed by atoms with Crippen LogP contribution in [0.4, 0.5) is 0 Å². The van der Waals surface area contributed by atoms with Crippen LogP contribution in [0.15, 0.2) is 12.1 Å². The topological polar surface area (TPSA) is 50.7 Å². The molecule has 2 atom stereocenters. The smallest absolute Gasteiger partial charge is 0.161 e. The zero-order valence-corrected chi connectivity index (χ0v) is 11.9. The molecule has 1 heterocycles. The van der Waals surface area contributed by atoms with Crippen molar-refractivity contribution in [3.8, 4) is 11.5 Å². The first kappa shape index (κ1) is 14.2. The summed E-state index contributed by atoms with van der Waals surface area (Å²) >= 11 is 0. The van der Waals surface area contributed by atoms with Crippen LogP contribution in [0, 0.1) is 5.92 Å². The second-order valence-corrected chi connectivity index (χ2v) is 5.13. The summed E-state index contributed by atoms with van der Waals surface area (Å²) in [6.07, 6.45) is 0.783. The van der Waals surface area contributed by atoms with Gasteiger partial charge in [-0.3, -0.25) is 0 Å². The average Bonchev–Trinajstić information content (AvgIpc) is 2.57. The van der Waals surface area contributed by atoms with Crippen LogP contribution in [0.1, 0.15) is 30.4 Å². The van der Waals surface area contributed by atoms with Crippen LogP contribution in [0.5, 0.6) is 11.5 Å². The van der Waals surface area contributed by atoms with Gasteiger partial charge in [-0.25, -0.2) is 0 Å². The SMILES string of the molecule is COc1cc2c(cc1OC)[C@@H](CCO)[C@H](C)CNC2. The molecule has 19 heavy (non-hydrogen) atoms. The van der Waals surface area contributed by atoms with Gasteiger partial charge in [-0.1, -0.05) is 6.92 Å². The van der Waals surface area contributed by atoms with E-state index in [1.54, 1.807) is 14.2 Å². The Balaban J connectivity index is 2.47. The van der Waals surface area contributed by atoms with E-state index in [1.807, 2.05) is 6.07 Å². The Morgan fingerprint density at radius 2 is 1.95 bits per heavy atom. The summed E-state index contributed by atoms with van der Waals surface area (Å²) in [5.41, 5.74) is 2.50. The summed E-state index contributed by atoms with van der Waals surface area (Å²) in [4.78, 5) is 0. The molecule has 0 bridgehead atoms. The van der Waals surface area contributed by atoms with E-state index in [4.69, 9.17) is 9.47 Å². The first-order valence-electron chi connectivity index (χ1n) is 6.77. The maximum atomic E-state index is 9.30. The summed E-state index contributed by atoms with van der Waals surface area (Å²) in [6.45, 7) is 4.23. The minimum atomic E-state index is 0.211. The predicted molar refractivity (Wildman–Crippen MR) is 74.9 cm³/mol. The van der Waals surface area contributed by atoms with E-state index in [1.165, 1.54) is 11.1 Å². The standard InChI is InChI=1S/C15H23NO3/c1-10-8-16-9-11-6-14(18-2)15(19-3)7-13(11)12(10)4-5-17/h6-7,10,12,16-17H,4-5,8-9H2,1-3H3/t10-,12+/m1/s1. The fourth-order valence-electron chi connectivity index (χ4n) is 2.90. The van der Waals surface area contributed by atoms with Gasteiger partial charge in [-0.05, 0) is 48.1 Å². The fourth-order valence-corrected chi connectivity index (χ4v) is 2.90. The summed E-state index contributed by atoms with van der Waals surface area (Å²) in [5, 5.41) is 12.8. The molecule has 0 radical (unpaired) electrons. The molecule has 4 nitrogen and oxygen atoms in total. The molecule has 1 aromatic rings. The lowest BCUT2D eigenvalue weighted by Gasteiger charge is -2.23. The molecule has 0 saturated heterocycles. The highest BCUT2D eigenvalue weighted by Crippen LogP contribution is 2.39. The zero-order chi connectivity index (χ0) is 13.8. The molecule has 0 amide bonds. The Morgan fingerprint density at radius 3 is 2.58 bits per heavy atom. The molecule has 0 aliphatic carbocycles. The van der Waals surface area contributed by atoms with Crippen LogP contribution in [-0.2, 0) is 6.54 Å². The molecule has 106 valence electrons. The van der Waals surface area contributed by atoms with E-state index >= 15 is 0 Å². The zero-order valence-electron chi connectivity index (χ0n) is 11.9. The number of aliphatic hydroxyl groups excluding tert-OH is 1. The van der Waals surface area contributed by atoms with E-state index in [0.29, 0.717) is 11.8 Å². The van der Waals surface area contributed by atoms with E-state index < -0.39 is 0 Å². The molecule has 0 fully saturated rings. The van der Waals surface area contributed by atoms with Gasteiger partial charge in [0, 0.05) is 13.2 Å². The second kappa shape index (κ2) is 6.26. The number of ether oxygens (including phenoxy) is 2. The number of methoxy groups -OCH3 is 2. The molecule has 4 heteroatoms. The second-order valence-electron chi connectivity index (χ2n) is 5.13. The van der Waals surface area contributed by atoms with E-state index in [9.17, 15) is 5.11 Å². The van der Waals surface area contributed by atoms with Crippen LogP contribution in [0.2, 0.25) is 0 Å². The molecule has 1 aromatic carbocycles. The number of rotatable bonds is 4. The Hall–Kier alpha value is -1.26. The summed E-state index contributed by atoms with van der Waals surface area (Å²) in [7, 11) is 3.31. The maximum absolute atomic E-state index is 9.30. The molecule has 1 aliphatic heterocycles. The fraction of sp³-hybridized carbons (Fsp3) is 0.600. The van der Waals surface area contributed by atoms with Crippen molar-refractivity contribution in [1.82, 2.24) is 5.32 Å². The van der Waals surface area contributed by atoms with Gasteiger partial charge in [0.2, 0.25) is 0 Å². The monoisotopic (exact) mass is 265 g/mol. The molecule has 2 rings (SSSR count). The quantitative estimate of drug-likeness (QED) is 0.873. The largest absolute Gasteiger partial charge is 0.493 e. The molecular weight excluding hydrogens is 242 g/mol. The third kappa shape index (κ3) is 2.85. The summed E-state index contributed by atoms with van der Waals surface area (Å²) in [5.74, 6) is 2.37. The number of hydrogen-bond acceptors (Lipinski definition) is 4. The number of hydrogen-bond donors (Lipinski definition) is 2. The van der Waals surface area contributed by atoms with Crippen molar-refractivity contribution >= 4 is 0 Å². The average molecular weight is 265 g/mol. The van der Waals surface area contributed by atoms with Gasteiger partial charge in [-0.2, -0.15) is 0 Å². The molecule has 2 N–H and O–H groups in total. The van der Waals surface area contributed by atoms with Gasteiger partial charge in [0.05, 0.1) is 14.2 Å². The minimum Gasteiger partial charge on any atom is -0.493 e. The van der Waals surface area contributed by atoms with Gasteiger partial charge in [0.1, 0.15) is 0 Å². The first-order chi connectivity index (χ1) is 9.21. The van der Waals surface area contributed by atoms with Crippen molar-refractivity contribution in [2.24, 2.45) is 5.92 Å². The van der Waals surface area contributed by atoms with Gasteiger partial charge < -0.3 is 19.9 Å². The highest BCUT2D eigenvalue weighted by Gasteiger charge is 2.26. The Bertz CT molecular complexity index is 434. The van der Waals surface area contributed by atoms with E-state index in [-0.39, 0.29) is 6.61 Å². The van der Waals surface area contributed by atoms with Crippen molar-refractivity contribution in [3.63, 3.8) is 0 Å². The molecule has 1 aliphatic rings. The lowest BCUT2D eigenvalue weighted by Crippen LogP contribution is -2.21. The van der Waals surface area contributed by atoms with E-state index in [0.717, 1.165) is 31.0 Å². The number of benzene rings is 1. The van der Waals surface area contributed by atoms with Crippen molar-refractivity contribution < 1.29 is 14.6 Å². The lowest BCUT2D eigenvalue weighted by molar-refractivity contribution is 0.257. The number of fused-ring (bicyclic) bond motifs is 1. The highest BCUT2D eigenvalue weighted by molar-refractivity contribution is 5.49. The van der Waals surface area contributed by atoms with Crippen LogP contribution >= 0.6 is 0 Å². The van der Waals surface area contributed by atoms with Crippen molar-refractivity contribution in [2.45, 2.75) is 25.8 Å². The highest BCUT2D eigenvalue weighted by atomic mass is 16.5. The van der Waals surface area contributed by atoms with Crippen molar-refractivity contribution in [2.75, 3.05) is 27.4 Å². The summed E-state index contributed by atoms with van der Waals surface area (Å²) in [6, 6.07) is 4.11. The van der Waals surface area contributed by atoms with Crippen molar-refractivity contribution in [3.05, 3.63) is 23.3 Å². The Kier molecular flexibility index (Phi) is 4.66. The minimum absolute atomic E-state index is 0.211. The Morgan fingerprint density at radius 1 is 1.26 bits per heavy atom. The van der Waals surface area contributed by atoms with Crippen molar-refractivity contribution in [1.29, 1.82) is 0 Å².